The molecule has 3 aromatic carbocycles. The summed E-state index contributed by atoms with van der Waals surface area (Å²) in [7, 11) is -3.83. The predicted octanol–water partition coefficient (Wildman–Crippen LogP) is 5.57. The monoisotopic (exact) mass is 424 g/mol. The first-order valence-corrected chi connectivity index (χ1v) is 11.3. The summed E-state index contributed by atoms with van der Waals surface area (Å²) >= 11 is 0. The van der Waals surface area contributed by atoms with Crippen LogP contribution in [0.3, 0.4) is 0 Å². The summed E-state index contributed by atoms with van der Waals surface area (Å²) in [5, 5.41) is 0. The molecule has 30 heavy (non-hydrogen) atoms. The van der Waals surface area contributed by atoms with Crippen LogP contribution in [-0.4, -0.2) is 15.0 Å². The zero-order chi connectivity index (χ0) is 21.8. The van der Waals surface area contributed by atoms with Crippen molar-refractivity contribution >= 4 is 10.1 Å². The van der Waals surface area contributed by atoms with E-state index in [1.165, 1.54) is 5.56 Å². The van der Waals surface area contributed by atoms with Crippen molar-refractivity contribution in [3.8, 4) is 5.75 Å². The van der Waals surface area contributed by atoms with Crippen LogP contribution in [0.5, 0.6) is 5.75 Å². The van der Waals surface area contributed by atoms with Gasteiger partial charge in [0.15, 0.2) is 0 Å². The van der Waals surface area contributed by atoms with Crippen molar-refractivity contribution in [3.63, 3.8) is 0 Å². The van der Waals surface area contributed by atoms with Gasteiger partial charge >= 0.3 is 0 Å². The van der Waals surface area contributed by atoms with Crippen molar-refractivity contribution in [2.45, 2.75) is 44.6 Å². The molecule has 0 radical (unpaired) electrons. The second-order valence-corrected chi connectivity index (χ2v) is 9.74. The lowest BCUT2D eigenvalue weighted by Crippen LogP contribution is -2.27. The molecule has 0 spiro atoms. The first-order chi connectivity index (χ1) is 14.2. The fourth-order valence-corrected chi connectivity index (χ4v) is 4.21. The molecule has 0 saturated carbocycles. The van der Waals surface area contributed by atoms with Crippen LogP contribution in [0.1, 0.15) is 36.1 Å². The Kier molecular flexibility index (Phi) is 6.64. The summed E-state index contributed by atoms with van der Waals surface area (Å²) in [5.41, 5.74) is 3.61. The summed E-state index contributed by atoms with van der Waals surface area (Å²) in [4.78, 5) is 0.160. The lowest BCUT2D eigenvalue weighted by molar-refractivity contribution is 0.235. The first-order valence-electron chi connectivity index (χ1n) is 9.92. The third-order valence-electron chi connectivity index (χ3n) is 5.15. The van der Waals surface area contributed by atoms with E-state index in [1.54, 1.807) is 24.3 Å². The fourth-order valence-electron chi connectivity index (χ4n) is 3.15. The van der Waals surface area contributed by atoms with Crippen LogP contribution >= 0.6 is 0 Å². The minimum atomic E-state index is -3.83. The number of benzene rings is 3. The molecule has 0 bridgehead atoms. The minimum absolute atomic E-state index is 0.00788. The highest BCUT2D eigenvalue weighted by atomic mass is 32.2. The molecule has 0 unspecified atom stereocenters. The maximum Gasteiger partial charge on any atom is 0.297 e. The van der Waals surface area contributed by atoms with Gasteiger partial charge in [0.2, 0.25) is 0 Å². The third-order valence-corrected chi connectivity index (χ3v) is 6.42. The molecule has 4 nitrogen and oxygen atoms in total. The molecular weight excluding hydrogens is 396 g/mol. The number of para-hydroxylation sites is 1. The van der Waals surface area contributed by atoms with E-state index in [9.17, 15) is 8.42 Å². The van der Waals surface area contributed by atoms with Gasteiger partial charge in [0, 0.05) is 11.0 Å². The Morgan fingerprint density at radius 1 is 0.833 bits per heavy atom. The zero-order valence-corrected chi connectivity index (χ0v) is 18.7. The zero-order valence-electron chi connectivity index (χ0n) is 17.9. The van der Waals surface area contributed by atoms with Crippen LogP contribution in [-0.2, 0) is 26.3 Å². The van der Waals surface area contributed by atoms with Crippen LogP contribution in [0.25, 0.3) is 0 Å². The Morgan fingerprint density at radius 2 is 1.47 bits per heavy atom. The van der Waals surface area contributed by atoms with Crippen LogP contribution in [0.4, 0.5) is 0 Å². The van der Waals surface area contributed by atoms with E-state index in [0.717, 1.165) is 22.4 Å². The number of aryl methyl sites for hydroxylation is 2. The molecule has 5 heteroatoms. The van der Waals surface area contributed by atoms with Crippen molar-refractivity contribution in [1.29, 1.82) is 0 Å². The molecule has 158 valence electrons. The Bertz CT molecular complexity index is 1100. The Hall–Kier alpha value is -2.63. The van der Waals surface area contributed by atoms with Crippen LogP contribution in [0.2, 0.25) is 0 Å². The lowest BCUT2D eigenvalue weighted by atomic mass is 9.85. The summed E-state index contributed by atoms with van der Waals surface area (Å²) in [6.45, 7) is 8.32. The maximum absolute atomic E-state index is 12.6. The number of hydrogen-bond acceptors (Lipinski definition) is 4. The van der Waals surface area contributed by atoms with Gasteiger partial charge in [0.05, 0.1) is 11.5 Å². The number of ether oxygens (including phenoxy) is 1. The quantitative estimate of drug-likeness (QED) is 0.444. The van der Waals surface area contributed by atoms with E-state index in [-0.39, 0.29) is 11.5 Å². The van der Waals surface area contributed by atoms with E-state index in [1.807, 2.05) is 63.2 Å². The van der Waals surface area contributed by atoms with Gasteiger partial charge in [-0.15, -0.1) is 0 Å². The van der Waals surface area contributed by atoms with Crippen molar-refractivity contribution < 1.29 is 17.3 Å². The topological polar surface area (TPSA) is 52.6 Å². The van der Waals surface area contributed by atoms with Gasteiger partial charge in [0.1, 0.15) is 12.4 Å². The fraction of sp³-hybridized carbons (Fsp3) is 0.280. The van der Waals surface area contributed by atoms with E-state index in [0.29, 0.717) is 6.61 Å². The van der Waals surface area contributed by atoms with E-state index >= 15 is 0 Å². The Morgan fingerprint density at radius 3 is 2.17 bits per heavy atom. The Labute approximate surface area is 179 Å². The number of rotatable bonds is 8. The van der Waals surface area contributed by atoms with E-state index < -0.39 is 15.5 Å². The van der Waals surface area contributed by atoms with Crippen LogP contribution in [0.15, 0.2) is 77.7 Å². The smallest absolute Gasteiger partial charge is 0.297 e. The van der Waals surface area contributed by atoms with Gasteiger partial charge in [-0.3, -0.25) is 4.18 Å². The highest BCUT2D eigenvalue weighted by Crippen LogP contribution is 2.33. The highest BCUT2D eigenvalue weighted by molar-refractivity contribution is 7.86. The molecule has 0 N–H and O–H groups in total. The molecular formula is C25H28O4S. The average Bonchev–Trinajstić information content (AvgIpc) is 2.72. The largest absolute Gasteiger partial charge is 0.489 e. The Balaban J connectivity index is 1.76. The van der Waals surface area contributed by atoms with Crippen molar-refractivity contribution in [2.75, 3.05) is 6.61 Å². The van der Waals surface area contributed by atoms with Gasteiger partial charge in [-0.1, -0.05) is 74.0 Å². The molecule has 0 aliphatic heterocycles. The SMILES string of the molecule is Cc1ccc(S(=O)(=O)OCC(C)(C)c2ccccc2OCc2ccccc2C)cc1. The third kappa shape index (κ3) is 5.29. The molecule has 0 aliphatic carbocycles. The molecule has 0 amide bonds. The van der Waals surface area contributed by atoms with Gasteiger partial charge in [-0.2, -0.15) is 8.42 Å². The van der Waals surface area contributed by atoms with Crippen molar-refractivity contribution in [3.05, 3.63) is 95.1 Å². The summed E-state index contributed by atoms with van der Waals surface area (Å²) < 4.78 is 36.7. The minimum Gasteiger partial charge on any atom is -0.489 e. The maximum atomic E-state index is 12.6. The predicted molar refractivity (Wildman–Crippen MR) is 119 cm³/mol. The van der Waals surface area contributed by atoms with Crippen LogP contribution < -0.4 is 4.74 Å². The second-order valence-electron chi connectivity index (χ2n) is 8.12. The molecule has 3 aromatic rings. The highest BCUT2D eigenvalue weighted by Gasteiger charge is 2.28. The van der Waals surface area contributed by atoms with E-state index in [2.05, 4.69) is 13.0 Å². The molecule has 0 aromatic heterocycles. The summed E-state index contributed by atoms with van der Waals surface area (Å²) in [6.07, 6.45) is 0. The molecule has 0 atom stereocenters. The van der Waals surface area contributed by atoms with Crippen LogP contribution in [0, 0.1) is 13.8 Å². The molecule has 0 fully saturated rings. The lowest BCUT2D eigenvalue weighted by Gasteiger charge is -2.27. The van der Waals surface area contributed by atoms with Gasteiger partial charge < -0.3 is 4.74 Å². The van der Waals surface area contributed by atoms with Gasteiger partial charge in [0.25, 0.3) is 10.1 Å². The van der Waals surface area contributed by atoms with Crippen molar-refractivity contribution in [1.82, 2.24) is 0 Å². The van der Waals surface area contributed by atoms with Crippen molar-refractivity contribution in [2.24, 2.45) is 0 Å². The van der Waals surface area contributed by atoms with Gasteiger partial charge in [-0.05, 0) is 43.2 Å². The molecule has 3 rings (SSSR count). The van der Waals surface area contributed by atoms with E-state index in [4.69, 9.17) is 8.92 Å². The summed E-state index contributed by atoms with van der Waals surface area (Å²) in [6, 6.07) is 22.4. The second kappa shape index (κ2) is 9.02. The normalized spacial score (nSPS) is 12.0. The first kappa shape index (κ1) is 22.1. The average molecular weight is 425 g/mol. The summed E-state index contributed by atoms with van der Waals surface area (Å²) in [5.74, 6) is 0.724. The molecule has 0 aliphatic rings. The standard InChI is InChI=1S/C25H28O4S/c1-19-13-15-22(16-14-19)30(26,27)29-18-25(3,4)23-11-7-8-12-24(23)28-17-21-10-6-5-9-20(21)2/h5-16H,17-18H2,1-4H3. The molecule has 0 heterocycles. The number of hydrogen-bond donors (Lipinski definition) is 0. The molecule has 0 saturated heterocycles. The van der Waals surface area contributed by atoms with Gasteiger partial charge in [-0.25, -0.2) is 0 Å².